The van der Waals surface area contributed by atoms with Gasteiger partial charge < -0.3 is 23.7 Å². The molecular weight excluding hydrogens is 272 g/mol. The zero-order valence-electron chi connectivity index (χ0n) is 13.7. The molecule has 124 valence electrons. The number of ether oxygens (including phenoxy) is 5. The fraction of sp³-hybridized carbons (Fsp3) is 0.750. The van der Waals surface area contributed by atoms with Gasteiger partial charge in [0.2, 0.25) is 0 Å². The Morgan fingerprint density at radius 3 is 1.48 bits per heavy atom. The molecule has 4 atom stereocenters. The largest absolute Gasteiger partial charge is 0.494 e. The molecule has 0 saturated carbocycles. The Morgan fingerprint density at radius 1 is 0.810 bits per heavy atom. The Balaban J connectivity index is 4.29. The van der Waals surface area contributed by atoms with Crippen molar-refractivity contribution in [3.05, 3.63) is 25.7 Å². The van der Waals surface area contributed by atoms with Crippen molar-refractivity contribution < 1.29 is 23.7 Å². The smallest absolute Gasteiger partial charge is 0.147 e. The number of hydrogen-bond acceptors (Lipinski definition) is 5. The summed E-state index contributed by atoms with van der Waals surface area (Å²) in [5.74, 6) is 0. The summed E-state index contributed by atoms with van der Waals surface area (Å²) in [5, 5.41) is 0. The third-order valence-electron chi connectivity index (χ3n) is 3.01. The normalized spacial score (nSPS) is 16.6. The Hall–Kier alpha value is -1.04. The fourth-order valence-electron chi connectivity index (χ4n) is 1.86. The van der Waals surface area contributed by atoms with Crippen LogP contribution in [-0.4, -0.2) is 50.8 Å². The molecule has 4 unspecified atom stereocenters. The SMILES string of the molecule is C=COC(COCC(OC=C)C(C)OCC)C(C)OCC. The molecule has 0 aliphatic rings. The first kappa shape index (κ1) is 20.0. The van der Waals surface area contributed by atoms with Crippen LogP contribution in [0, 0.1) is 0 Å². The van der Waals surface area contributed by atoms with E-state index in [1.54, 1.807) is 0 Å². The van der Waals surface area contributed by atoms with Gasteiger partial charge >= 0.3 is 0 Å². The average Bonchev–Trinajstić information content (AvgIpc) is 2.45. The highest BCUT2D eigenvalue weighted by molar-refractivity contribution is 4.72. The lowest BCUT2D eigenvalue weighted by atomic mass is 10.2. The second kappa shape index (κ2) is 12.7. The lowest BCUT2D eigenvalue weighted by Crippen LogP contribution is -2.36. The molecule has 0 aliphatic carbocycles. The van der Waals surface area contributed by atoms with Crippen LogP contribution in [0.4, 0.5) is 0 Å². The monoisotopic (exact) mass is 302 g/mol. The molecule has 0 aromatic heterocycles. The van der Waals surface area contributed by atoms with Gasteiger partial charge in [-0.1, -0.05) is 13.2 Å². The van der Waals surface area contributed by atoms with Crippen LogP contribution in [0.25, 0.3) is 0 Å². The molecule has 0 heterocycles. The minimum atomic E-state index is -0.200. The molecule has 0 aliphatic heterocycles. The zero-order valence-corrected chi connectivity index (χ0v) is 13.7. The van der Waals surface area contributed by atoms with E-state index in [1.807, 2.05) is 27.7 Å². The summed E-state index contributed by atoms with van der Waals surface area (Å²) in [7, 11) is 0. The van der Waals surface area contributed by atoms with E-state index in [9.17, 15) is 0 Å². The van der Waals surface area contributed by atoms with E-state index in [-0.39, 0.29) is 24.4 Å². The molecule has 0 aromatic carbocycles. The van der Waals surface area contributed by atoms with Crippen LogP contribution < -0.4 is 0 Å². The highest BCUT2D eigenvalue weighted by Crippen LogP contribution is 2.09. The second-order valence-corrected chi connectivity index (χ2v) is 4.54. The van der Waals surface area contributed by atoms with Crippen LogP contribution in [0.15, 0.2) is 25.7 Å². The van der Waals surface area contributed by atoms with Gasteiger partial charge in [0, 0.05) is 13.2 Å². The predicted molar refractivity (Wildman–Crippen MR) is 83.1 cm³/mol. The molecule has 5 heteroatoms. The van der Waals surface area contributed by atoms with Crippen LogP contribution in [0.1, 0.15) is 27.7 Å². The summed E-state index contributed by atoms with van der Waals surface area (Å²) in [4.78, 5) is 0. The van der Waals surface area contributed by atoms with Crippen LogP contribution in [0.5, 0.6) is 0 Å². The van der Waals surface area contributed by atoms with E-state index in [0.29, 0.717) is 26.4 Å². The zero-order chi connectivity index (χ0) is 16.1. The Kier molecular flexibility index (Phi) is 12.1. The summed E-state index contributed by atoms with van der Waals surface area (Å²) < 4.78 is 27.6. The number of hydrogen-bond donors (Lipinski definition) is 0. The minimum Gasteiger partial charge on any atom is -0.494 e. The lowest BCUT2D eigenvalue weighted by Gasteiger charge is -2.26. The first-order valence-corrected chi connectivity index (χ1v) is 7.44. The van der Waals surface area contributed by atoms with Gasteiger partial charge in [-0.05, 0) is 27.7 Å². The van der Waals surface area contributed by atoms with Crippen molar-refractivity contribution in [2.75, 3.05) is 26.4 Å². The minimum absolute atomic E-state index is 0.0731. The van der Waals surface area contributed by atoms with Gasteiger partial charge in [0.25, 0.3) is 0 Å². The van der Waals surface area contributed by atoms with Gasteiger partial charge in [-0.15, -0.1) is 0 Å². The Morgan fingerprint density at radius 2 is 1.19 bits per heavy atom. The van der Waals surface area contributed by atoms with Gasteiger partial charge in [0.15, 0.2) is 0 Å². The van der Waals surface area contributed by atoms with Crippen molar-refractivity contribution in [1.82, 2.24) is 0 Å². The number of rotatable bonds is 14. The van der Waals surface area contributed by atoms with Crippen molar-refractivity contribution in [2.24, 2.45) is 0 Å². The molecule has 0 aromatic rings. The van der Waals surface area contributed by atoms with Gasteiger partial charge in [0.05, 0.1) is 37.9 Å². The van der Waals surface area contributed by atoms with Gasteiger partial charge in [-0.25, -0.2) is 0 Å². The molecule has 0 spiro atoms. The summed E-state index contributed by atoms with van der Waals surface area (Å²) in [6, 6.07) is 0. The second-order valence-electron chi connectivity index (χ2n) is 4.54. The van der Waals surface area contributed by atoms with Crippen LogP contribution in [0.3, 0.4) is 0 Å². The van der Waals surface area contributed by atoms with Gasteiger partial charge in [0.1, 0.15) is 12.2 Å². The highest BCUT2D eigenvalue weighted by atomic mass is 16.6. The molecule has 0 amide bonds. The predicted octanol–water partition coefficient (Wildman–Crippen LogP) is 2.91. The van der Waals surface area contributed by atoms with Gasteiger partial charge in [-0.2, -0.15) is 0 Å². The van der Waals surface area contributed by atoms with E-state index in [0.717, 1.165) is 0 Å². The van der Waals surface area contributed by atoms with Crippen molar-refractivity contribution in [3.8, 4) is 0 Å². The summed E-state index contributed by atoms with van der Waals surface area (Å²) in [6.45, 7) is 17.0. The first-order chi connectivity index (χ1) is 10.1. The molecule has 0 rings (SSSR count). The molecule has 0 bridgehead atoms. The molecule has 0 saturated heterocycles. The standard InChI is InChI=1S/C16H30O5/c1-7-18-13(5)15(20-9-3)11-17-12-16(21-10-4)14(6)19-8-2/h9-10,13-16H,3-4,7-8,11-12H2,1-2,5-6H3. The van der Waals surface area contributed by atoms with Crippen molar-refractivity contribution in [3.63, 3.8) is 0 Å². The summed E-state index contributed by atoms with van der Waals surface area (Å²) >= 11 is 0. The van der Waals surface area contributed by atoms with Crippen LogP contribution in [0.2, 0.25) is 0 Å². The Labute approximate surface area is 128 Å². The van der Waals surface area contributed by atoms with E-state index in [1.165, 1.54) is 12.5 Å². The molecular formula is C16H30O5. The molecule has 0 N–H and O–H groups in total. The topological polar surface area (TPSA) is 46.2 Å². The van der Waals surface area contributed by atoms with Crippen LogP contribution in [-0.2, 0) is 23.7 Å². The fourth-order valence-corrected chi connectivity index (χ4v) is 1.86. The molecule has 5 nitrogen and oxygen atoms in total. The van der Waals surface area contributed by atoms with E-state index in [2.05, 4.69) is 13.2 Å². The third-order valence-corrected chi connectivity index (χ3v) is 3.01. The first-order valence-electron chi connectivity index (χ1n) is 7.44. The van der Waals surface area contributed by atoms with Crippen molar-refractivity contribution in [1.29, 1.82) is 0 Å². The lowest BCUT2D eigenvalue weighted by molar-refractivity contribution is -0.0991. The highest BCUT2D eigenvalue weighted by Gasteiger charge is 2.22. The average molecular weight is 302 g/mol. The van der Waals surface area contributed by atoms with E-state index >= 15 is 0 Å². The third kappa shape index (κ3) is 8.75. The van der Waals surface area contributed by atoms with Gasteiger partial charge in [-0.3, -0.25) is 0 Å². The molecule has 0 fully saturated rings. The van der Waals surface area contributed by atoms with E-state index in [4.69, 9.17) is 23.7 Å². The van der Waals surface area contributed by atoms with Crippen molar-refractivity contribution in [2.45, 2.75) is 52.1 Å². The Bertz CT molecular complexity index is 243. The quantitative estimate of drug-likeness (QED) is 0.462. The maximum Gasteiger partial charge on any atom is 0.147 e. The maximum absolute atomic E-state index is 5.69. The maximum atomic E-state index is 5.69. The summed E-state index contributed by atoms with van der Waals surface area (Å²) in [6.07, 6.45) is 2.27. The van der Waals surface area contributed by atoms with Crippen LogP contribution >= 0.6 is 0 Å². The molecule has 0 radical (unpaired) electrons. The van der Waals surface area contributed by atoms with E-state index < -0.39 is 0 Å². The molecule has 21 heavy (non-hydrogen) atoms. The van der Waals surface area contributed by atoms with Crippen molar-refractivity contribution >= 4 is 0 Å². The summed E-state index contributed by atoms with van der Waals surface area (Å²) in [5.41, 5.74) is 0.